The zero-order valence-corrected chi connectivity index (χ0v) is 16.1. The molecule has 2 unspecified atom stereocenters. The molecular formula is C20H32O4. The molecule has 4 heteroatoms. The van der Waals surface area contributed by atoms with Gasteiger partial charge in [-0.05, 0) is 35.7 Å². The maximum atomic E-state index is 12.0. The molecule has 1 aliphatic carbocycles. The van der Waals surface area contributed by atoms with Crippen molar-refractivity contribution < 1.29 is 19.8 Å². The van der Waals surface area contributed by atoms with Gasteiger partial charge in [0.2, 0.25) is 0 Å². The number of allylic oxidation sites excluding steroid dienone is 2. The maximum Gasteiger partial charge on any atom is 0.332 e. The first-order valence-corrected chi connectivity index (χ1v) is 8.61. The number of carboxylic acids is 2. The van der Waals surface area contributed by atoms with E-state index in [1.54, 1.807) is 6.08 Å². The van der Waals surface area contributed by atoms with Crippen molar-refractivity contribution in [1.82, 2.24) is 0 Å². The van der Waals surface area contributed by atoms with Crippen molar-refractivity contribution in [2.24, 2.45) is 22.2 Å². The van der Waals surface area contributed by atoms with Crippen LogP contribution in [-0.2, 0) is 9.59 Å². The number of carboxylic acid groups (broad SMARTS) is 2. The summed E-state index contributed by atoms with van der Waals surface area (Å²) in [5.41, 5.74) is 0.331. The zero-order valence-electron chi connectivity index (χ0n) is 16.1. The summed E-state index contributed by atoms with van der Waals surface area (Å²) in [5.74, 6) is -3.28. The fourth-order valence-electron chi connectivity index (χ4n) is 3.77. The van der Waals surface area contributed by atoms with Gasteiger partial charge in [-0.15, -0.1) is 0 Å². The van der Waals surface area contributed by atoms with E-state index in [2.05, 4.69) is 48.5 Å². The van der Waals surface area contributed by atoms with Crippen LogP contribution in [0.1, 0.15) is 67.7 Å². The van der Waals surface area contributed by atoms with E-state index < -0.39 is 23.3 Å². The van der Waals surface area contributed by atoms with E-state index in [1.807, 2.05) is 6.08 Å². The molecule has 0 saturated carbocycles. The molecule has 4 nitrogen and oxygen atoms in total. The quantitative estimate of drug-likeness (QED) is 0.700. The van der Waals surface area contributed by atoms with Gasteiger partial charge in [0.25, 0.3) is 0 Å². The SMILES string of the molecule is CCC1(CC(C)(C)C)C=CC(C(=O)O)C(C(=O)O)=C1CC(C)(C)C. The Balaban J connectivity index is 3.66. The van der Waals surface area contributed by atoms with Gasteiger partial charge in [0.1, 0.15) is 5.92 Å². The average Bonchev–Trinajstić information content (AvgIpc) is 2.36. The minimum absolute atomic E-state index is 0.00313. The normalized spacial score (nSPS) is 25.0. The van der Waals surface area contributed by atoms with Gasteiger partial charge in [0, 0.05) is 5.41 Å². The number of carbonyl (C=O) groups is 2. The average molecular weight is 336 g/mol. The Morgan fingerprint density at radius 3 is 1.96 bits per heavy atom. The predicted molar refractivity (Wildman–Crippen MR) is 95.8 cm³/mol. The lowest BCUT2D eigenvalue weighted by atomic mass is 9.60. The van der Waals surface area contributed by atoms with E-state index in [4.69, 9.17) is 0 Å². The fourth-order valence-corrected chi connectivity index (χ4v) is 3.77. The van der Waals surface area contributed by atoms with Gasteiger partial charge in [0.15, 0.2) is 0 Å². The molecule has 0 amide bonds. The Morgan fingerprint density at radius 1 is 1.08 bits per heavy atom. The van der Waals surface area contributed by atoms with Crippen LogP contribution in [0, 0.1) is 22.2 Å². The minimum Gasteiger partial charge on any atom is -0.481 e. The number of rotatable bonds is 5. The van der Waals surface area contributed by atoms with Gasteiger partial charge in [-0.1, -0.05) is 60.6 Å². The van der Waals surface area contributed by atoms with E-state index in [9.17, 15) is 19.8 Å². The second-order valence-electron chi connectivity index (χ2n) is 9.36. The fraction of sp³-hybridized carbons (Fsp3) is 0.700. The van der Waals surface area contributed by atoms with Crippen molar-refractivity contribution in [2.45, 2.75) is 67.7 Å². The van der Waals surface area contributed by atoms with Crippen molar-refractivity contribution in [2.75, 3.05) is 0 Å². The van der Waals surface area contributed by atoms with Gasteiger partial charge < -0.3 is 10.2 Å². The highest BCUT2D eigenvalue weighted by atomic mass is 16.4. The zero-order chi connectivity index (χ0) is 18.9. The summed E-state index contributed by atoms with van der Waals surface area (Å²) in [4.78, 5) is 23.6. The van der Waals surface area contributed by atoms with Gasteiger partial charge >= 0.3 is 11.9 Å². The molecule has 2 atom stereocenters. The van der Waals surface area contributed by atoms with Crippen molar-refractivity contribution in [1.29, 1.82) is 0 Å². The first kappa shape index (κ1) is 20.5. The predicted octanol–water partition coefficient (Wildman–Crippen LogP) is 4.91. The Kier molecular flexibility index (Phi) is 5.74. The van der Waals surface area contributed by atoms with E-state index in [-0.39, 0.29) is 16.4 Å². The summed E-state index contributed by atoms with van der Waals surface area (Å²) >= 11 is 0. The van der Waals surface area contributed by atoms with Crippen LogP contribution in [-0.4, -0.2) is 22.2 Å². The lowest BCUT2D eigenvalue weighted by Crippen LogP contribution is -2.36. The summed E-state index contributed by atoms with van der Waals surface area (Å²) in [6.07, 6.45) is 5.67. The Hall–Kier alpha value is -1.58. The molecule has 0 heterocycles. The third kappa shape index (κ3) is 4.71. The molecule has 0 aliphatic heterocycles. The van der Waals surface area contributed by atoms with Crippen LogP contribution in [0.15, 0.2) is 23.3 Å². The third-order valence-electron chi connectivity index (χ3n) is 4.53. The summed E-state index contributed by atoms with van der Waals surface area (Å²) < 4.78 is 0. The molecule has 1 aliphatic rings. The monoisotopic (exact) mass is 336 g/mol. The molecule has 0 bridgehead atoms. The van der Waals surface area contributed by atoms with Gasteiger partial charge in [0.05, 0.1) is 5.57 Å². The molecule has 136 valence electrons. The third-order valence-corrected chi connectivity index (χ3v) is 4.53. The largest absolute Gasteiger partial charge is 0.481 e. The summed E-state index contributed by atoms with van der Waals surface area (Å²) in [6.45, 7) is 14.6. The van der Waals surface area contributed by atoms with Crippen molar-refractivity contribution >= 4 is 11.9 Å². The summed E-state index contributed by atoms with van der Waals surface area (Å²) in [6, 6.07) is 0. The first-order valence-electron chi connectivity index (χ1n) is 8.61. The van der Waals surface area contributed by atoms with Gasteiger partial charge in [-0.3, -0.25) is 4.79 Å². The molecule has 0 radical (unpaired) electrons. The number of hydrogen-bond donors (Lipinski definition) is 2. The van der Waals surface area contributed by atoms with Crippen LogP contribution in [0.2, 0.25) is 0 Å². The van der Waals surface area contributed by atoms with Crippen LogP contribution in [0.3, 0.4) is 0 Å². The Labute approximate surface area is 145 Å². The highest BCUT2D eigenvalue weighted by Crippen LogP contribution is 2.51. The van der Waals surface area contributed by atoms with Crippen LogP contribution < -0.4 is 0 Å². The van der Waals surface area contributed by atoms with E-state index in [1.165, 1.54) is 0 Å². The van der Waals surface area contributed by atoms with E-state index in [0.717, 1.165) is 18.4 Å². The van der Waals surface area contributed by atoms with Gasteiger partial charge in [-0.2, -0.15) is 0 Å². The minimum atomic E-state index is -1.11. The van der Waals surface area contributed by atoms with Crippen molar-refractivity contribution in [3.8, 4) is 0 Å². The lowest BCUT2D eigenvalue weighted by molar-refractivity contribution is -0.142. The van der Waals surface area contributed by atoms with Crippen LogP contribution >= 0.6 is 0 Å². The highest BCUT2D eigenvalue weighted by Gasteiger charge is 2.44. The maximum absolute atomic E-state index is 12.0. The Bertz CT molecular complexity index is 569. The highest BCUT2D eigenvalue weighted by molar-refractivity contribution is 5.96. The molecule has 1 rings (SSSR count). The van der Waals surface area contributed by atoms with Crippen molar-refractivity contribution in [3.05, 3.63) is 23.3 Å². The molecule has 0 spiro atoms. The first-order chi connectivity index (χ1) is 10.7. The molecule has 0 saturated heterocycles. The van der Waals surface area contributed by atoms with Gasteiger partial charge in [-0.25, -0.2) is 4.79 Å². The molecule has 0 aromatic heterocycles. The molecular weight excluding hydrogens is 304 g/mol. The van der Waals surface area contributed by atoms with Crippen molar-refractivity contribution in [3.63, 3.8) is 0 Å². The molecule has 0 aromatic carbocycles. The van der Waals surface area contributed by atoms with Crippen LogP contribution in [0.4, 0.5) is 0 Å². The smallest absolute Gasteiger partial charge is 0.332 e. The van der Waals surface area contributed by atoms with E-state index >= 15 is 0 Å². The number of hydrogen-bond acceptors (Lipinski definition) is 2. The molecule has 0 aromatic rings. The number of aliphatic carboxylic acids is 2. The second-order valence-corrected chi connectivity index (χ2v) is 9.36. The standard InChI is InChI=1S/C20H32O4/c1-8-20(12-19(5,6)7)10-9-13(16(21)22)15(17(23)24)14(20)11-18(2,3)4/h9-10,13H,8,11-12H2,1-7H3,(H,21,22)(H,23,24). The van der Waals surface area contributed by atoms with E-state index in [0.29, 0.717) is 6.42 Å². The van der Waals surface area contributed by atoms with Crippen LogP contribution in [0.5, 0.6) is 0 Å². The summed E-state index contributed by atoms with van der Waals surface area (Å²) in [7, 11) is 0. The molecule has 2 N–H and O–H groups in total. The topological polar surface area (TPSA) is 74.6 Å². The van der Waals surface area contributed by atoms with Crippen LogP contribution in [0.25, 0.3) is 0 Å². The molecule has 24 heavy (non-hydrogen) atoms. The summed E-state index contributed by atoms with van der Waals surface area (Å²) in [5, 5.41) is 19.3. The second kappa shape index (κ2) is 6.73. The Morgan fingerprint density at radius 2 is 1.62 bits per heavy atom. The molecule has 0 fully saturated rings. The lowest BCUT2D eigenvalue weighted by Gasteiger charge is -2.43.